The third-order valence-electron chi connectivity index (χ3n) is 3.12. The SMILES string of the molecule is O=C(O)CSCCNC(=O)c1ccc(NC(=O)C2CC2)cc1. The van der Waals surface area contributed by atoms with Crippen molar-refractivity contribution in [3.8, 4) is 0 Å². The van der Waals surface area contributed by atoms with E-state index in [0.29, 0.717) is 23.5 Å². The maximum atomic E-state index is 11.9. The zero-order chi connectivity index (χ0) is 15.9. The first-order valence-corrected chi connectivity index (χ1v) is 8.20. The lowest BCUT2D eigenvalue weighted by atomic mass is 10.2. The van der Waals surface area contributed by atoms with Crippen LogP contribution < -0.4 is 10.6 Å². The van der Waals surface area contributed by atoms with Crippen LogP contribution in [0.1, 0.15) is 23.2 Å². The van der Waals surface area contributed by atoms with Gasteiger partial charge in [0, 0.05) is 29.5 Å². The summed E-state index contributed by atoms with van der Waals surface area (Å²) >= 11 is 1.25. The summed E-state index contributed by atoms with van der Waals surface area (Å²) in [6.45, 7) is 0.414. The number of nitrogens with one attached hydrogen (secondary N) is 2. The Bertz CT molecular complexity index is 555. The molecule has 0 unspecified atom stereocenters. The Labute approximate surface area is 132 Å². The van der Waals surface area contributed by atoms with Crippen molar-refractivity contribution < 1.29 is 19.5 Å². The molecular formula is C15H18N2O4S. The molecule has 22 heavy (non-hydrogen) atoms. The number of carboxylic acids is 1. The third-order valence-corrected chi connectivity index (χ3v) is 4.06. The molecule has 2 rings (SSSR count). The van der Waals surface area contributed by atoms with Gasteiger partial charge in [-0.1, -0.05) is 0 Å². The zero-order valence-corrected chi connectivity index (χ0v) is 12.8. The minimum Gasteiger partial charge on any atom is -0.481 e. The summed E-state index contributed by atoms with van der Waals surface area (Å²) < 4.78 is 0. The highest BCUT2D eigenvalue weighted by Crippen LogP contribution is 2.30. The molecule has 0 aromatic heterocycles. The lowest BCUT2D eigenvalue weighted by Crippen LogP contribution is -2.26. The first kappa shape index (κ1) is 16.4. The van der Waals surface area contributed by atoms with Crippen LogP contribution >= 0.6 is 11.8 Å². The third kappa shape index (κ3) is 5.40. The van der Waals surface area contributed by atoms with Gasteiger partial charge < -0.3 is 15.7 Å². The molecule has 1 fully saturated rings. The van der Waals surface area contributed by atoms with E-state index in [9.17, 15) is 14.4 Å². The summed E-state index contributed by atoms with van der Waals surface area (Å²) in [5.41, 5.74) is 1.19. The average Bonchev–Trinajstić information content (AvgIpc) is 3.31. The van der Waals surface area contributed by atoms with E-state index < -0.39 is 5.97 Å². The van der Waals surface area contributed by atoms with Gasteiger partial charge in [0.25, 0.3) is 5.91 Å². The standard InChI is InChI=1S/C15H18N2O4S/c18-13(19)9-22-8-7-16-14(20)10-3-5-12(6-4-10)17-15(21)11-1-2-11/h3-6,11H,1-2,7-9H2,(H,16,20)(H,17,21)(H,18,19). The molecule has 0 aliphatic heterocycles. The van der Waals surface area contributed by atoms with Gasteiger partial charge in [0.05, 0.1) is 5.75 Å². The molecule has 3 N–H and O–H groups in total. The molecule has 1 aromatic carbocycles. The Morgan fingerprint density at radius 2 is 1.86 bits per heavy atom. The van der Waals surface area contributed by atoms with E-state index in [1.807, 2.05) is 0 Å². The molecule has 1 aliphatic rings. The molecule has 0 heterocycles. The molecule has 0 atom stereocenters. The number of anilines is 1. The smallest absolute Gasteiger partial charge is 0.313 e. The van der Waals surface area contributed by atoms with Crippen LogP contribution in [0.5, 0.6) is 0 Å². The number of carbonyl (C=O) groups excluding carboxylic acids is 2. The van der Waals surface area contributed by atoms with Crippen LogP contribution in [0.3, 0.4) is 0 Å². The highest BCUT2D eigenvalue weighted by atomic mass is 32.2. The lowest BCUT2D eigenvalue weighted by molar-refractivity contribution is -0.133. The van der Waals surface area contributed by atoms with E-state index in [0.717, 1.165) is 12.8 Å². The highest BCUT2D eigenvalue weighted by molar-refractivity contribution is 7.99. The summed E-state index contributed by atoms with van der Waals surface area (Å²) in [7, 11) is 0. The molecule has 1 saturated carbocycles. The number of amides is 2. The lowest BCUT2D eigenvalue weighted by Gasteiger charge is -2.07. The van der Waals surface area contributed by atoms with Gasteiger partial charge >= 0.3 is 5.97 Å². The summed E-state index contributed by atoms with van der Waals surface area (Å²) in [5.74, 6) is -0.311. The van der Waals surface area contributed by atoms with E-state index >= 15 is 0 Å². The van der Waals surface area contributed by atoms with Crippen LogP contribution in [-0.4, -0.2) is 40.9 Å². The van der Waals surface area contributed by atoms with Gasteiger partial charge in [-0.25, -0.2) is 0 Å². The van der Waals surface area contributed by atoms with Crippen LogP contribution in [0, 0.1) is 5.92 Å². The van der Waals surface area contributed by atoms with Crippen molar-refractivity contribution in [2.45, 2.75) is 12.8 Å². The number of thioether (sulfide) groups is 1. The Kier molecular flexibility index (Phi) is 5.83. The van der Waals surface area contributed by atoms with Gasteiger partial charge in [0.2, 0.25) is 5.91 Å². The number of carboxylic acid groups (broad SMARTS) is 1. The van der Waals surface area contributed by atoms with Gasteiger partial charge in [0.15, 0.2) is 0 Å². The zero-order valence-electron chi connectivity index (χ0n) is 12.0. The van der Waals surface area contributed by atoms with Gasteiger partial charge in [-0.3, -0.25) is 14.4 Å². The molecule has 1 aromatic rings. The monoisotopic (exact) mass is 322 g/mol. The number of aliphatic carboxylic acids is 1. The predicted molar refractivity (Wildman–Crippen MR) is 85.1 cm³/mol. The first-order valence-electron chi connectivity index (χ1n) is 7.05. The summed E-state index contributed by atoms with van der Waals surface area (Å²) in [6.07, 6.45) is 1.90. The van der Waals surface area contributed by atoms with Crippen molar-refractivity contribution in [1.82, 2.24) is 5.32 Å². The number of hydrogen-bond acceptors (Lipinski definition) is 4. The summed E-state index contributed by atoms with van der Waals surface area (Å²) in [4.78, 5) is 33.8. The fourth-order valence-electron chi connectivity index (χ4n) is 1.79. The maximum absolute atomic E-state index is 11.9. The number of hydrogen-bond donors (Lipinski definition) is 3. The summed E-state index contributed by atoms with van der Waals surface area (Å²) in [6, 6.07) is 6.72. The maximum Gasteiger partial charge on any atom is 0.313 e. The molecule has 0 radical (unpaired) electrons. The molecule has 118 valence electrons. The molecule has 7 heteroatoms. The molecule has 0 saturated heterocycles. The van der Waals surface area contributed by atoms with E-state index in [2.05, 4.69) is 10.6 Å². The highest BCUT2D eigenvalue weighted by Gasteiger charge is 2.29. The van der Waals surface area contributed by atoms with Crippen LogP contribution in [0.4, 0.5) is 5.69 Å². The second-order valence-corrected chi connectivity index (χ2v) is 6.15. The fourth-order valence-corrected chi connectivity index (χ4v) is 2.36. The van der Waals surface area contributed by atoms with Crippen LogP contribution in [0.2, 0.25) is 0 Å². The van der Waals surface area contributed by atoms with Gasteiger partial charge in [-0.05, 0) is 37.1 Å². The molecule has 1 aliphatic carbocycles. The average molecular weight is 322 g/mol. The van der Waals surface area contributed by atoms with Crippen molar-refractivity contribution in [2.75, 3.05) is 23.4 Å². The molecular weight excluding hydrogens is 304 g/mol. The Morgan fingerprint density at radius 1 is 1.18 bits per heavy atom. The second kappa shape index (κ2) is 7.84. The second-order valence-electron chi connectivity index (χ2n) is 5.04. The van der Waals surface area contributed by atoms with Crippen LogP contribution in [-0.2, 0) is 9.59 Å². The molecule has 2 amide bonds. The Hall–Kier alpha value is -2.02. The van der Waals surface area contributed by atoms with Gasteiger partial charge in [-0.15, -0.1) is 11.8 Å². The van der Waals surface area contributed by atoms with Crippen LogP contribution in [0.25, 0.3) is 0 Å². The van der Waals surface area contributed by atoms with Crippen molar-refractivity contribution in [2.24, 2.45) is 5.92 Å². The van der Waals surface area contributed by atoms with Gasteiger partial charge in [0.1, 0.15) is 0 Å². The van der Waals surface area contributed by atoms with Crippen LogP contribution in [0.15, 0.2) is 24.3 Å². The fraction of sp³-hybridized carbons (Fsp3) is 0.400. The molecule has 0 bridgehead atoms. The van der Waals surface area contributed by atoms with Gasteiger partial charge in [-0.2, -0.15) is 0 Å². The molecule has 6 nitrogen and oxygen atoms in total. The minimum absolute atomic E-state index is 0.0330. The van der Waals surface area contributed by atoms with E-state index in [-0.39, 0.29) is 23.5 Å². The normalized spacial score (nSPS) is 13.5. The number of rotatable bonds is 8. The summed E-state index contributed by atoms with van der Waals surface area (Å²) in [5, 5.41) is 14.0. The topological polar surface area (TPSA) is 95.5 Å². The first-order chi connectivity index (χ1) is 10.6. The van der Waals surface area contributed by atoms with Crippen molar-refractivity contribution >= 4 is 35.2 Å². The number of benzene rings is 1. The Balaban J connectivity index is 1.73. The van der Waals surface area contributed by atoms with Crippen molar-refractivity contribution in [3.05, 3.63) is 29.8 Å². The predicted octanol–water partition coefficient (Wildman–Crippen LogP) is 1.58. The Morgan fingerprint density at radius 3 is 2.45 bits per heavy atom. The van der Waals surface area contributed by atoms with E-state index in [1.54, 1.807) is 24.3 Å². The minimum atomic E-state index is -0.861. The van der Waals surface area contributed by atoms with Crippen molar-refractivity contribution in [1.29, 1.82) is 0 Å². The van der Waals surface area contributed by atoms with E-state index in [1.165, 1.54) is 11.8 Å². The van der Waals surface area contributed by atoms with E-state index in [4.69, 9.17) is 5.11 Å². The molecule has 0 spiro atoms. The van der Waals surface area contributed by atoms with Crippen molar-refractivity contribution in [3.63, 3.8) is 0 Å². The largest absolute Gasteiger partial charge is 0.481 e. The quantitative estimate of drug-likeness (QED) is 0.632. The number of carbonyl (C=O) groups is 3.